The number of aliphatic hydroxyl groups is 1. The zero-order valence-corrected chi connectivity index (χ0v) is 10.1. The molecule has 0 bridgehead atoms. The van der Waals surface area contributed by atoms with Crippen molar-refractivity contribution in [1.82, 2.24) is 0 Å². The lowest BCUT2D eigenvalue weighted by Crippen LogP contribution is -2.55. The van der Waals surface area contributed by atoms with Gasteiger partial charge in [-0.2, -0.15) is 0 Å². The van der Waals surface area contributed by atoms with Gasteiger partial charge in [-0.15, -0.1) is 11.3 Å². The van der Waals surface area contributed by atoms with E-state index in [1.165, 1.54) is 4.88 Å². The number of halogens is 1. The zero-order valence-electron chi connectivity index (χ0n) is 8.51. The summed E-state index contributed by atoms with van der Waals surface area (Å²) in [6.07, 6.45) is 2.77. The standard InChI is InChI=1S/C11H15ClOS/c1-10(2)5-6-11(10,13)7-8-3-4-9(12)14-8/h3-4,13H,5-7H2,1-2H3. The van der Waals surface area contributed by atoms with Gasteiger partial charge in [0.1, 0.15) is 0 Å². The van der Waals surface area contributed by atoms with Crippen LogP contribution in [-0.4, -0.2) is 10.7 Å². The van der Waals surface area contributed by atoms with Crippen LogP contribution < -0.4 is 0 Å². The van der Waals surface area contributed by atoms with Gasteiger partial charge in [0.2, 0.25) is 0 Å². The molecule has 14 heavy (non-hydrogen) atoms. The van der Waals surface area contributed by atoms with Crippen molar-refractivity contribution in [2.45, 2.75) is 38.7 Å². The molecule has 1 heterocycles. The van der Waals surface area contributed by atoms with Crippen LogP contribution in [0.2, 0.25) is 4.34 Å². The third kappa shape index (κ3) is 1.60. The van der Waals surface area contributed by atoms with Crippen molar-refractivity contribution in [3.63, 3.8) is 0 Å². The topological polar surface area (TPSA) is 20.2 Å². The van der Waals surface area contributed by atoms with Gasteiger partial charge in [0.05, 0.1) is 9.94 Å². The van der Waals surface area contributed by atoms with Crippen LogP contribution in [0.3, 0.4) is 0 Å². The van der Waals surface area contributed by atoms with E-state index in [0.717, 1.165) is 23.6 Å². The van der Waals surface area contributed by atoms with E-state index in [9.17, 15) is 5.11 Å². The summed E-state index contributed by atoms with van der Waals surface area (Å²) < 4.78 is 0.806. The molecule has 3 heteroatoms. The van der Waals surface area contributed by atoms with Crippen LogP contribution in [0.4, 0.5) is 0 Å². The molecule has 0 radical (unpaired) electrons. The molecule has 0 amide bonds. The smallest absolute Gasteiger partial charge is 0.0931 e. The molecular formula is C11H15ClOS. The highest BCUT2D eigenvalue weighted by Gasteiger charge is 2.51. The minimum Gasteiger partial charge on any atom is -0.389 e. The Balaban J connectivity index is 2.11. The van der Waals surface area contributed by atoms with Crippen LogP contribution in [0.1, 0.15) is 31.6 Å². The summed E-state index contributed by atoms with van der Waals surface area (Å²) in [6, 6.07) is 3.91. The van der Waals surface area contributed by atoms with Gasteiger partial charge in [0.15, 0.2) is 0 Å². The molecule has 1 aromatic heterocycles. The summed E-state index contributed by atoms with van der Waals surface area (Å²) >= 11 is 7.43. The second-order valence-electron chi connectivity index (χ2n) is 4.80. The average molecular weight is 231 g/mol. The van der Waals surface area contributed by atoms with Gasteiger partial charge >= 0.3 is 0 Å². The second kappa shape index (κ2) is 3.22. The van der Waals surface area contributed by atoms with Crippen LogP contribution in [0.25, 0.3) is 0 Å². The lowest BCUT2D eigenvalue weighted by Gasteiger charge is -2.52. The molecule has 78 valence electrons. The highest BCUT2D eigenvalue weighted by Crippen LogP contribution is 2.51. The van der Waals surface area contributed by atoms with E-state index < -0.39 is 5.60 Å². The Morgan fingerprint density at radius 1 is 1.43 bits per heavy atom. The summed E-state index contributed by atoms with van der Waals surface area (Å²) in [7, 11) is 0. The number of thiophene rings is 1. The first kappa shape index (κ1) is 10.5. The van der Waals surface area contributed by atoms with Gasteiger partial charge in [-0.05, 0) is 30.4 Å². The molecule has 0 aromatic carbocycles. The Hall–Kier alpha value is -0.0500. The van der Waals surface area contributed by atoms with Crippen molar-refractivity contribution < 1.29 is 5.11 Å². The van der Waals surface area contributed by atoms with E-state index in [0.29, 0.717) is 0 Å². The molecular weight excluding hydrogens is 216 g/mol. The number of hydrogen-bond acceptors (Lipinski definition) is 2. The van der Waals surface area contributed by atoms with E-state index >= 15 is 0 Å². The SMILES string of the molecule is CC1(C)CCC1(O)Cc1ccc(Cl)s1. The van der Waals surface area contributed by atoms with Gasteiger partial charge in [0, 0.05) is 11.3 Å². The molecule has 1 aliphatic carbocycles. The highest BCUT2D eigenvalue weighted by atomic mass is 35.5. The molecule has 1 aliphatic rings. The van der Waals surface area contributed by atoms with Crippen LogP contribution in [0, 0.1) is 5.41 Å². The molecule has 1 unspecified atom stereocenters. The number of hydrogen-bond donors (Lipinski definition) is 1. The molecule has 2 rings (SSSR count). The fraction of sp³-hybridized carbons (Fsp3) is 0.636. The van der Waals surface area contributed by atoms with Crippen molar-refractivity contribution >= 4 is 22.9 Å². The lowest BCUT2D eigenvalue weighted by atomic mass is 9.57. The van der Waals surface area contributed by atoms with Gasteiger partial charge in [-0.25, -0.2) is 0 Å². The van der Waals surface area contributed by atoms with Gasteiger partial charge in [0.25, 0.3) is 0 Å². The first-order valence-corrected chi connectivity index (χ1v) is 6.09. The predicted molar refractivity (Wildman–Crippen MR) is 61.0 cm³/mol. The molecule has 1 atom stereocenters. The van der Waals surface area contributed by atoms with Crippen LogP contribution in [0.5, 0.6) is 0 Å². The first-order chi connectivity index (χ1) is 6.43. The van der Waals surface area contributed by atoms with Gasteiger partial charge in [-0.3, -0.25) is 0 Å². The van der Waals surface area contributed by atoms with Crippen molar-refractivity contribution in [2.24, 2.45) is 5.41 Å². The average Bonchev–Trinajstić information content (AvgIpc) is 2.49. The molecule has 0 spiro atoms. The minimum absolute atomic E-state index is 0.0590. The maximum atomic E-state index is 10.4. The second-order valence-corrected chi connectivity index (χ2v) is 6.60. The molecule has 0 aliphatic heterocycles. The van der Waals surface area contributed by atoms with Crippen molar-refractivity contribution in [3.8, 4) is 0 Å². The predicted octanol–water partition coefficient (Wildman–Crippen LogP) is 3.50. The van der Waals surface area contributed by atoms with E-state index in [2.05, 4.69) is 13.8 Å². The van der Waals surface area contributed by atoms with Crippen molar-refractivity contribution in [1.29, 1.82) is 0 Å². The molecule has 1 aromatic rings. The van der Waals surface area contributed by atoms with Crippen molar-refractivity contribution in [3.05, 3.63) is 21.3 Å². The summed E-state index contributed by atoms with van der Waals surface area (Å²) in [6.45, 7) is 4.26. The maximum absolute atomic E-state index is 10.4. The Morgan fingerprint density at radius 3 is 2.50 bits per heavy atom. The number of rotatable bonds is 2. The third-order valence-corrected chi connectivity index (χ3v) is 4.75. The molecule has 1 fully saturated rings. The summed E-state index contributed by atoms with van der Waals surface area (Å²) in [5.74, 6) is 0. The fourth-order valence-corrected chi connectivity index (χ4v) is 3.17. The molecule has 1 saturated carbocycles. The van der Waals surface area contributed by atoms with Crippen LogP contribution >= 0.6 is 22.9 Å². The Labute approximate surface area is 93.7 Å². The van der Waals surface area contributed by atoms with Crippen molar-refractivity contribution in [2.75, 3.05) is 0 Å². The maximum Gasteiger partial charge on any atom is 0.0931 e. The Morgan fingerprint density at radius 2 is 2.14 bits per heavy atom. The van der Waals surface area contributed by atoms with E-state index in [-0.39, 0.29) is 5.41 Å². The summed E-state index contributed by atoms with van der Waals surface area (Å²) in [4.78, 5) is 1.19. The molecule has 0 saturated heterocycles. The van der Waals surface area contributed by atoms with E-state index in [1.54, 1.807) is 11.3 Å². The van der Waals surface area contributed by atoms with Gasteiger partial charge in [-0.1, -0.05) is 25.4 Å². The van der Waals surface area contributed by atoms with Crippen LogP contribution in [0.15, 0.2) is 12.1 Å². The molecule has 1 nitrogen and oxygen atoms in total. The largest absolute Gasteiger partial charge is 0.389 e. The van der Waals surface area contributed by atoms with E-state index in [1.807, 2.05) is 12.1 Å². The van der Waals surface area contributed by atoms with Gasteiger partial charge < -0.3 is 5.11 Å². The minimum atomic E-state index is -0.513. The quantitative estimate of drug-likeness (QED) is 0.825. The molecule has 1 N–H and O–H groups in total. The fourth-order valence-electron chi connectivity index (χ4n) is 1.98. The highest BCUT2D eigenvalue weighted by molar-refractivity contribution is 7.16. The normalized spacial score (nSPS) is 30.0. The first-order valence-electron chi connectivity index (χ1n) is 4.90. The Bertz CT molecular complexity index is 345. The third-order valence-electron chi connectivity index (χ3n) is 3.52. The monoisotopic (exact) mass is 230 g/mol. The van der Waals surface area contributed by atoms with Crippen LogP contribution in [-0.2, 0) is 6.42 Å². The summed E-state index contributed by atoms with van der Waals surface area (Å²) in [5.41, 5.74) is -0.454. The summed E-state index contributed by atoms with van der Waals surface area (Å²) in [5, 5.41) is 10.4. The van der Waals surface area contributed by atoms with E-state index in [4.69, 9.17) is 11.6 Å². The Kier molecular flexibility index (Phi) is 2.41. The zero-order chi connectivity index (χ0) is 10.4. The lowest BCUT2D eigenvalue weighted by molar-refractivity contribution is -0.146.